The van der Waals surface area contributed by atoms with E-state index in [0.29, 0.717) is 29.7 Å². The number of amides is 1. The zero-order valence-electron chi connectivity index (χ0n) is 15.0. The summed E-state index contributed by atoms with van der Waals surface area (Å²) in [5.41, 5.74) is 2.42. The van der Waals surface area contributed by atoms with Gasteiger partial charge in [-0.2, -0.15) is 0 Å². The molecule has 1 amide bonds. The zero-order chi connectivity index (χ0) is 19.3. The Hall–Kier alpha value is -3.32. The summed E-state index contributed by atoms with van der Waals surface area (Å²) in [4.78, 5) is 36.0. The fourth-order valence-corrected chi connectivity index (χ4v) is 3.62. The number of para-hydroxylation sites is 1. The number of nitrogens with one attached hydrogen (secondary N) is 2. The summed E-state index contributed by atoms with van der Waals surface area (Å²) in [5, 5.41) is 6.26. The van der Waals surface area contributed by atoms with Crippen molar-refractivity contribution in [2.75, 3.05) is 0 Å². The molecule has 0 saturated heterocycles. The Kier molecular flexibility index (Phi) is 5.25. The lowest BCUT2D eigenvalue weighted by atomic mass is 10.2. The maximum atomic E-state index is 12.2. The van der Waals surface area contributed by atoms with Crippen LogP contribution in [0.3, 0.4) is 0 Å². The molecule has 2 N–H and O–H groups in total. The molecule has 0 aliphatic heterocycles. The molecular weight excluding hydrogens is 372 g/mol. The Morgan fingerprint density at radius 1 is 1.04 bits per heavy atom. The number of thiazole rings is 1. The van der Waals surface area contributed by atoms with Crippen LogP contribution in [0.15, 0.2) is 64.8 Å². The first-order valence-electron chi connectivity index (χ1n) is 8.93. The number of aromatic nitrogens is 3. The van der Waals surface area contributed by atoms with Gasteiger partial charge in [-0.05, 0) is 12.1 Å². The number of aromatic amines is 1. The van der Waals surface area contributed by atoms with Crippen molar-refractivity contribution in [3.8, 4) is 11.3 Å². The predicted octanol–water partition coefficient (Wildman–Crippen LogP) is 3.30. The molecule has 4 rings (SSSR count). The van der Waals surface area contributed by atoms with Crippen molar-refractivity contribution in [1.82, 2.24) is 20.3 Å². The fourth-order valence-electron chi connectivity index (χ4n) is 2.88. The van der Waals surface area contributed by atoms with Crippen LogP contribution in [0.1, 0.15) is 17.3 Å². The number of rotatable bonds is 6. The highest BCUT2D eigenvalue weighted by Crippen LogP contribution is 2.21. The van der Waals surface area contributed by atoms with Crippen molar-refractivity contribution in [1.29, 1.82) is 0 Å². The lowest BCUT2D eigenvalue weighted by Crippen LogP contribution is -2.23. The predicted molar refractivity (Wildman–Crippen MR) is 110 cm³/mol. The van der Waals surface area contributed by atoms with Gasteiger partial charge in [0.25, 0.3) is 5.56 Å². The third kappa shape index (κ3) is 4.15. The van der Waals surface area contributed by atoms with Gasteiger partial charge >= 0.3 is 0 Å². The van der Waals surface area contributed by atoms with Crippen molar-refractivity contribution in [3.05, 3.63) is 81.2 Å². The van der Waals surface area contributed by atoms with Gasteiger partial charge in [-0.15, -0.1) is 11.3 Å². The van der Waals surface area contributed by atoms with Crippen LogP contribution in [-0.4, -0.2) is 20.9 Å². The molecule has 2 aromatic carbocycles. The minimum atomic E-state index is -0.183. The topological polar surface area (TPSA) is 87.7 Å². The second-order valence-corrected chi connectivity index (χ2v) is 7.24. The molecule has 2 heterocycles. The van der Waals surface area contributed by atoms with Crippen molar-refractivity contribution < 1.29 is 4.79 Å². The van der Waals surface area contributed by atoms with E-state index in [4.69, 9.17) is 0 Å². The molecule has 6 nitrogen and oxygen atoms in total. The molecule has 7 heteroatoms. The summed E-state index contributed by atoms with van der Waals surface area (Å²) in [5.74, 6) is 0.409. The number of hydrogen-bond donors (Lipinski definition) is 2. The first-order valence-corrected chi connectivity index (χ1v) is 9.81. The second kappa shape index (κ2) is 8.14. The van der Waals surface area contributed by atoms with Gasteiger partial charge in [0.1, 0.15) is 10.8 Å². The minimum absolute atomic E-state index is 0.104. The van der Waals surface area contributed by atoms with Crippen molar-refractivity contribution in [3.63, 3.8) is 0 Å². The summed E-state index contributed by atoms with van der Waals surface area (Å²) >= 11 is 1.52. The van der Waals surface area contributed by atoms with E-state index in [0.717, 1.165) is 16.3 Å². The first-order chi connectivity index (χ1) is 13.7. The van der Waals surface area contributed by atoms with E-state index in [-0.39, 0.29) is 17.9 Å². The molecule has 0 radical (unpaired) electrons. The number of hydrogen-bond acceptors (Lipinski definition) is 5. The smallest absolute Gasteiger partial charge is 0.258 e. The normalized spacial score (nSPS) is 10.9. The molecule has 140 valence electrons. The van der Waals surface area contributed by atoms with Crippen LogP contribution in [0.2, 0.25) is 0 Å². The Morgan fingerprint density at radius 2 is 1.82 bits per heavy atom. The standard InChI is InChI=1S/C21H18N4O2S/c26-19(11-10-18-23-16-9-5-4-8-15(16)21(27)25-18)22-12-20-24-17(13-28-20)14-6-2-1-3-7-14/h1-9,13H,10-12H2,(H,22,26)(H,23,25,27). The van der Waals surface area contributed by atoms with Gasteiger partial charge in [0.15, 0.2) is 0 Å². The summed E-state index contributed by atoms with van der Waals surface area (Å²) in [6, 6.07) is 17.1. The number of carbonyl (C=O) groups is 1. The van der Waals surface area contributed by atoms with Gasteiger partial charge in [-0.25, -0.2) is 9.97 Å². The largest absolute Gasteiger partial charge is 0.350 e. The van der Waals surface area contributed by atoms with Crippen LogP contribution < -0.4 is 10.9 Å². The van der Waals surface area contributed by atoms with Gasteiger partial charge in [0, 0.05) is 23.8 Å². The van der Waals surface area contributed by atoms with E-state index in [2.05, 4.69) is 20.3 Å². The Labute approximate surface area is 165 Å². The minimum Gasteiger partial charge on any atom is -0.350 e. The molecule has 0 aliphatic rings. The number of aryl methyl sites for hydroxylation is 1. The summed E-state index contributed by atoms with van der Waals surface area (Å²) in [7, 11) is 0. The average Bonchev–Trinajstić information content (AvgIpc) is 3.21. The van der Waals surface area contributed by atoms with Crippen LogP contribution in [0, 0.1) is 0 Å². The quantitative estimate of drug-likeness (QED) is 0.529. The zero-order valence-corrected chi connectivity index (χ0v) is 15.8. The van der Waals surface area contributed by atoms with E-state index in [1.807, 2.05) is 41.8 Å². The van der Waals surface area contributed by atoms with Crippen LogP contribution in [0.25, 0.3) is 22.2 Å². The maximum absolute atomic E-state index is 12.2. The van der Waals surface area contributed by atoms with E-state index in [9.17, 15) is 9.59 Å². The summed E-state index contributed by atoms with van der Waals surface area (Å²) in [6.07, 6.45) is 0.622. The van der Waals surface area contributed by atoms with Crippen LogP contribution in [0.4, 0.5) is 0 Å². The molecule has 4 aromatic rings. The number of carbonyl (C=O) groups excluding carboxylic acids is 1. The van der Waals surface area contributed by atoms with E-state index in [1.54, 1.807) is 18.2 Å². The number of nitrogens with zero attached hydrogens (tertiary/aromatic N) is 2. The number of H-pyrrole nitrogens is 1. The lowest BCUT2D eigenvalue weighted by molar-refractivity contribution is -0.121. The van der Waals surface area contributed by atoms with Gasteiger partial charge in [-0.3, -0.25) is 9.59 Å². The van der Waals surface area contributed by atoms with Gasteiger partial charge < -0.3 is 10.3 Å². The highest BCUT2D eigenvalue weighted by molar-refractivity contribution is 7.09. The molecule has 0 aliphatic carbocycles. The monoisotopic (exact) mass is 390 g/mol. The average molecular weight is 390 g/mol. The third-order valence-electron chi connectivity index (χ3n) is 4.31. The van der Waals surface area contributed by atoms with E-state index >= 15 is 0 Å². The highest BCUT2D eigenvalue weighted by Gasteiger charge is 2.09. The molecule has 0 unspecified atom stereocenters. The Bertz CT molecular complexity index is 1170. The van der Waals surface area contributed by atoms with Crippen molar-refractivity contribution in [2.24, 2.45) is 0 Å². The van der Waals surface area contributed by atoms with E-state index < -0.39 is 0 Å². The number of benzene rings is 2. The molecule has 2 aromatic heterocycles. The van der Waals surface area contributed by atoms with Gasteiger partial charge in [-0.1, -0.05) is 42.5 Å². The van der Waals surface area contributed by atoms with Crippen LogP contribution in [0.5, 0.6) is 0 Å². The molecule has 0 atom stereocenters. The first kappa shape index (κ1) is 18.1. The summed E-state index contributed by atoms with van der Waals surface area (Å²) < 4.78 is 0. The number of fused-ring (bicyclic) bond motifs is 1. The molecular formula is C21H18N4O2S. The third-order valence-corrected chi connectivity index (χ3v) is 5.16. The Morgan fingerprint density at radius 3 is 2.68 bits per heavy atom. The molecule has 0 saturated carbocycles. The summed E-state index contributed by atoms with van der Waals surface area (Å²) in [6.45, 7) is 0.387. The molecule has 0 spiro atoms. The SMILES string of the molecule is O=C(CCc1nc2ccccc2c(=O)[nH]1)NCc1nc(-c2ccccc2)cs1. The Balaban J connectivity index is 1.33. The van der Waals surface area contributed by atoms with E-state index in [1.165, 1.54) is 11.3 Å². The van der Waals surface area contributed by atoms with Gasteiger partial charge in [0.05, 0.1) is 23.1 Å². The maximum Gasteiger partial charge on any atom is 0.258 e. The lowest BCUT2D eigenvalue weighted by Gasteiger charge is -2.04. The second-order valence-electron chi connectivity index (χ2n) is 6.30. The van der Waals surface area contributed by atoms with Gasteiger partial charge in [0.2, 0.25) is 5.91 Å². The highest BCUT2D eigenvalue weighted by atomic mass is 32.1. The van der Waals surface area contributed by atoms with Crippen LogP contribution in [-0.2, 0) is 17.8 Å². The molecule has 0 fully saturated rings. The molecule has 28 heavy (non-hydrogen) atoms. The fraction of sp³-hybridized carbons (Fsp3) is 0.143. The van der Waals surface area contributed by atoms with Crippen LogP contribution >= 0.6 is 11.3 Å². The van der Waals surface area contributed by atoms with Crippen molar-refractivity contribution in [2.45, 2.75) is 19.4 Å². The molecule has 0 bridgehead atoms. The van der Waals surface area contributed by atoms with Crippen molar-refractivity contribution >= 4 is 28.1 Å².